The number of aryl methyl sites for hydroxylation is 2. The zero-order valence-electron chi connectivity index (χ0n) is 12.8. The molecule has 1 heterocycles. The van der Waals surface area contributed by atoms with Crippen LogP contribution in [0.1, 0.15) is 22.3 Å². The second kappa shape index (κ2) is 5.35. The number of hydrogen-bond acceptors (Lipinski definition) is 3. The molecule has 116 valence electrons. The summed E-state index contributed by atoms with van der Waals surface area (Å²) in [5.41, 5.74) is 1.16. The molecule has 2 aromatic carbocycles. The zero-order valence-corrected chi connectivity index (χ0v) is 12.8. The van der Waals surface area contributed by atoms with E-state index in [1.807, 2.05) is 38.1 Å². The molecule has 0 aromatic heterocycles. The minimum absolute atomic E-state index is 0.566. The Morgan fingerprint density at radius 1 is 0.696 bits per heavy atom. The Hall–Kier alpha value is -2.95. The largest absolute Gasteiger partial charge is 0.328 e. The van der Waals surface area contributed by atoms with Gasteiger partial charge in [0.05, 0.1) is 0 Å². The summed E-state index contributed by atoms with van der Waals surface area (Å²) >= 11 is 0. The molecular formula is C18H16N2O3. The molecule has 0 atom stereocenters. The molecule has 0 unspecified atom stereocenters. The molecule has 0 aliphatic carbocycles. The van der Waals surface area contributed by atoms with Gasteiger partial charge in [0, 0.05) is 0 Å². The van der Waals surface area contributed by atoms with Crippen molar-refractivity contribution < 1.29 is 14.4 Å². The van der Waals surface area contributed by atoms with Gasteiger partial charge in [-0.15, -0.1) is 0 Å². The molecule has 1 fully saturated rings. The summed E-state index contributed by atoms with van der Waals surface area (Å²) in [6.07, 6.45) is 0. The fourth-order valence-corrected chi connectivity index (χ4v) is 3.15. The SMILES string of the molecule is Cc1ccccc1C1(c2ccccc2C)C(=O)NC(=O)NC1=O. The highest BCUT2D eigenvalue weighted by Gasteiger charge is 2.54. The van der Waals surface area contributed by atoms with Crippen molar-refractivity contribution >= 4 is 17.8 Å². The van der Waals surface area contributed by atoms with Gasteiger partial charge in [0.2, 0.25) is 0 Å². The Balaban J connectivity index is 2.38. The third-order valence-electron chi connectivity index (χ3n) is 4.23. The number of hydrogen-bond donors (Lipinski definition) is 2. The minimum Gasteiger partial charge on any atom is -0.276 e. The second-order valence-corrected chi connectivity index (χ2v) is 5.62. The lowest BCUT2D eigenvalue weighted by molar-refractivity contribution is -0.136. The fourth-order valence-electron chi connectivity index (χ4n) is 3.15. The smallest absolute Gasteiger partial charge is 0.276 e. The molecule has 23 heavy (non-hydrogen) atoms. The Bertz CT molecular complexity index is 759. The van der Waals surface area contributed by atoms with E-state index in [1.54, 1.807) is 24.3 Å². The zero-order chi connectivity index (χ0) is 16.6. The molecule has 0 saturated carbocycles. The van der Waals surface area contributed by atoms with E-state index < -0.39 is 23.3 Å². The standard InChI is InChI=1S/C18H16N2O3/c1-11-7-3-5-9-13(11)18(14-10-6-4-8-12(14)2)15(21)19-17(23)20-16(18)22/h3-10H,1-2H3,(H2,19,20,21,22,23). The van der Waals surface area contributed by atoms with Gasteiger partial charge in [0.25, 0.3) is 11.8 Å². The van der Waals surface area contributed by atoms with E-state index in [-0.39, 0.29) is 0 Å². The highest BCUT2D eigenvalue weighted by molar-refractivity contribution is 6.25. The summed E-state index contributed by atoms with van der Waals surface area (Å²) < 4.78 is 0. The van der Waals surface area contributed by atoms with Crippen molar-refractivity contribution in [3.63, 3.8) is 0 Å². The quantitative estimate of drug-likeness (QED) is 0.833. The Morgan fingerprint density at radius 2 is 1.09 bits per heavy atom. The van der Waals surface area contributed by atoms with E-state index in [1.165, 1.54) is 0 Å². The van der Waals surface area contributed by atoms with Crippen LogP contribution in [0.4, 0.5) is 4.79 Å². The van der Waals surface area contributed by atoms with Gasteiger partial charge in [-0.1, -0.05) is 48.5 Å². The van der Waals surface area contributed by atoms with Gasteiger partial charge in [-0.3, -0.25) is 20.2 Å². The van der Waals surface area contributed by atoms with Crippen LogP contribution in [0.25, 0.3) is 0 Å². The van der Waals surface area contributed by atoms with Gasteiger partial charge < -0.3 is 0 Å². The van der Waals surface area contributed by atoms with E-state index in [0.29, 0.717) is 11.1 Å². The number of imide groups is 2. The number of carbonyl (C=O) groups is 3. The Morgan fingerprint density at radius 3 is 1.48 bits per heavy atom. The molecule has 0 radical (unpaired) electrons. The normalized spacial score (nSPS) is 16.7. The Kier molecular flexibility index (Phi) is 3.48. The maximum Gasteiger partial charge on any atom is 0.328 e. The van der Waals surface area contributed by atoms with Gasteiger partial charge in [-0.05, 0) is 36.1 Å². The summed E-state index contributed by atoms with van der Waals surface area (Å²) in [5.74, 6) is -1.26. The van der Waals surface area contributed by atoms with Crippen molar-refractivity contribution in [1.29, 1.82) is 0 Å². The molecule has 1 saturated heterocycles. The summed E-state index contributed by atoms with van der Waals surface area (Å²) in [6.45, 7) is 3.68. The van der Waals surface area contributed by atoms with Crippen molar-refractivity contribution in [1.82, 2.24) is 10.6 Å². The predicted molar refractivity (Wildman–Crippen MR) is 84.8 cm³/mol. The number of rotatable bonds is 2. The monoisotopic (exact) mass is 308 g/mol. The maximum atomic E-state index is 12.8. The van der Waals surface area contributed by atoms with Crippen molar-refractivity contribution in [2.75, 3.05) is 0 Å². The van der Waals surface area contributed by atoms with Crippen LogP contribution < -0.4 is 10.6 Å². The average molecular weight is 308 g/mol. The van der Waals surface area contributed by atoms with Crippen molar-refractivity contribution in [3.8, 4) is 0 Å². The fraction of sp³-hybridized carbons (Fsp3) is 0.167. The van der Waals surface area contributed by atoms with Crippen LogP contribution in [-0.4, -0.2) is 17.8 Å². The lowest BCUT2D eigenvalue weighted by Gasteiger charge is -2.36. The summed E-state index contributed by atoms with van der Waals surface area (Å²) in [7, 11) is 0. The van der Waals surface area contributed by atoms with Crippen molar-refractivity contribution in [3.05, 3.63) is 70.8 Å². The average Bonchev–Trinajstić information content (AvgIpc) is 2.50. The van der Waals surface area contributed by atoms with E-state index >= 15 is 0 Å². The van der Waals surface area contributed by atoms with Gasteiger partial charge in [-0.2, -0.15) is 0 Å². The Labute approximate surface area is 133 Å². The maximum absolute atomic E-state index is 12.8. The molecule has 1 aliphatic heterocycles. The highest BCUT2D eigenvalue weighted by Crippen LogP contribution is 2.38. The van der Waals surface area contributed by atoms with Crippen LogP contribution in [0.15, 0.2) is 48.5 Å². The first kappa shape index (κ1) is 15.0. The number of amides is 4. The molecule has 2 aromatic rings. The van der Waals surface area contributed by atoms with Gasteiger partial charge >= 0.3 is 6.03 Å². The van der Waals surface area contributed by atoms with E-state index in [0.717, 1.165) is 11.1 Å². The number of urea groups is 1. The topological polar surface area (TPSA) is 75.3 Å². The van der Waals surface area contributed by atoms with E-state index in [4.69, 9.17) is 0 Å². The van der Waals surface area contributed by atoms with Crippen LogP contribution in [0.2, 0.25) is 0 Å². The molecular weight excluding hydrogens is 292 g/mol. The summed E-state index contributed by atoms with van der Waals surface area (Å²) in [4.78, 5) is 37.2. The number of benzene rings is 2. The third-order valence-corrected chi connectivity index (χ3v) is 4.23. The summed E-state index contributed by atoms with van der Waals surface area (Å²) in [5, 5.41) is 4.48. The molecule has 3 rings (SSSR count). The molecule has 4 amide bonds. The second-order valence-electron chi connectivity index (χ2n) is 5.62. The van der Waals surface area contributed by atoms with Crippen LogP contribution in [0.5, 0.6) is 0 Å². The summed E-state index contributed by atoms with van der Waals surface area (Å²) in [6, 6.07) is 13.6. The molecule has 1 aliphatic rings. The van der Waals surface area contributed by atoms with Crippen LogP contribution in [0.3, 0.4) is 0 Å². The van der Waals surface area contributed by atoms with E-state index in [2.05, 4.69) is 10.6 Å². The number of barbiturate groups is 1. The van der Waals surface area contributed by atoms with Crippen molar-refractivity contribution in [2.24, 2.45) is 0 Å². The highest BCUT2D eigenvalue weighted by atomic mass is 16.2. The third kappa shape index (κ3) is 2.12. The number of carbonyl (C=O) groups excluding carboxylic acids is 3. The predicted octanol–water partition coefficient (Wildman–Crippen LogP) is 1.96. The van der Waals surface area contributed by atoms with E-state index in [9.17, 15) is 14.4 Å². The van der Waals surface area contributed by atoms with Crippen LogP contribution in [-0.2, 0) is 15.0 Å². The first-order valence-electron chi connectivity index (χ1n) is 7.27. The molecule has 0 spiro atoms. The van der Waals surface area contributed by atoms with Crippen LogP contribution in [0, 0.1) is 13.8 Å². The molecule has 2 N–H and O–H groups in total. The first-order chi connectivity index (χ1) is 11.0. The number of nitrogens with one attached hydrogen (secondary N) is 2. The lowest BCUT2D eigenvalue weighted by Crippen LogP contribution is -2.65. The van der Waals surface area contributed by atoms with Gasteiger partial charge in [0.15, 0.2) is 5.41 Å². The molecule has 5 heteroatoms. The van der Waals surface area contributed by atoms with Gasteiger partial charge in [-0.25, -0.2) is 4.79 Å². The minimum atomic E-state index is -1.58. The molecule has 0 bridgehead atoms. The first-order valence-corrected chi connectivity index (χ1v) is 7.27. The lowest BCUT2D eigenvalue weighted by atomic mass is 9.69. The van der Waals surface area contributed by atoms with Gasteiger partial charge in [0.1, 0.15) is 0 Å². The van der Waals surface area contributed by atoms with Crippen LogP contribution >= 0.6 is 0 Å². The molecule has 5 nitrogen and oxygen atoms in total. The van der Waals surface area contributed by atoms with Crippen molar-refractivity contribution in [2.45, 2.75) is 19.3 Å².